The number of rotatable bonds is 1. The van der Waals surface area contributed by atoms with Gasteiger partial charge in [-0.25, -0.2) is 0 Å². The van der Waals surface area contributed by atoms with Crippen molar-refractivity contribution in [1.82, 2.24) is 0 Å². The summed E-state index contributed by atoms with van der Waals surface area (Å²) in [6.45, 7) is 7.55. The van der Waals surface area contributed by atoms with Crippen molar-refractivity contribution in [2.75, 3.05) is 4.90 Å². The van der Waals surface area contributed by atoms with Gasteiger partial charge in [0.25, 0.3) is 0 Å². The first-order chi connectivity index (χ1) is 6.82. The Balaban J connectivity index is 3.16. The van der Waals surface area contributed by atoms with Crippen molar-refractivity contribution in [3.8, 4) is 0 Å². The highest BCUT2D eigenvalue weighted by Gasteiger charge is 2.25. The summed E-state index contributed by atoms with van der Waals surface area (Å²) in [6.07, 6.45) is 0. The van der Waals surface area contributed by atoms with E-state index in [0.717, 1.165) is 5.69 Å². The summed E-state index contributed by atoms with van der Waals surface area (Å²) in [4.78, 5) is 13.3. The molecule has 0 aromatic heterocycles. The third kappa shape index (κ3) is 2.96. The number of hydrogen-bond donors (Lipinski definition) is 0. The molecule has 0 radical (unpaired) electrons. The molecule has 0 unspecified atom stereocenters. The average molecular weight is 226 g/mol. The van der Waals surface area contributed by atoms with Crippen LogP contribution in [0.4, 0.5) is 5.69 Å². The molecule has 0 aliphatic heterocycles. The summed E-state index contributed by atoms with van der Waals surface area (Å²) in [5.74, 6) is 0.0183. The van der Waals surface area contributed by atoms with Gasteiger partial charge in [-0.1, -0.05) is 17.7 Å². The van der Waals surface area contributed by atoms with E-state index in [1.165, 1.54) is 0 Å². The Bertz CT molecular complexity index is 368. The molecule has 0 saturated carbocycles. The van der Waals surface area contributed by atoms with E-state index in [9.17, 15) is 4.79 Å². The molecule has 0 bridgehead atoms. The highest BCUT2D eigenvalue weighted by molar-refractivity contribution is 6.30. The summed E-state index contributed by atoms with van der Waals surface area (Å²) >= 11 is 5.91. The molecular formula is C12H16ClNO. The molecule has 0 aliphatic carbocycles. The summed E-state index contributed by atoms with van der Waals surface area (Å²) < 4.78 is 0. The molecule has 0 heterocycles. The number of carbonyl (C=O) groups excluding carboxylic acids is 1. The third-order valence-corrected chi connectivity index (χ3v) is 2.29. The molecule has 0 saturated heterocycles. The number of anilines is 1. The summed E-state index contributed by atoms with van der Waals surface area (Å²) in [5, 5.41) is 0.642. The minimum absolute atomic E-state index is 0.0183. The van der Waals surface area contributed by atoms with E-state index in [2.05, 4.69) is 0 Å². The highest BCUT2D eigenvalue weighted by atomic mass is 35.5. The van der Waals surface area contributed by atoms with Crippen molar-refractivity contribution >= 4 is 23.2 Å². The molecule has 3 heteroatoms. The zero-order valence-electron chi connectivity index (χ0n) is 9.54. The van der Waals surface area contributed by atoms with Gasteiger partial charge in [0.05, 0.1) is 0 Å². The number of amides is 1. The Labute approximate surface area is 95.8 Å². The smallest absolute Gasteiger partial charge is 0.224 e. The predicted octanol–water partition coefficient (Wildman–Crippen LogP) is 3.49. The van der Waals surface area contributed by atoms with Crippen LogP contribution in [0.25, 0.3) is 0 Å². The van der Waals surface area contributed by atoms with Gasteiger partial charge in [-0.15, -0.1) is 0 Å². The lowest BCUT2D eigenvalue weighted by Crippen LogP contribution is -2.44. The number of carbonyl (C=O) groups is 1. The van der Waals surface area contributed by atoms with Crippen molar-refractivity contribution in [2.24, 2.45) is 0 Å². The van der Waals surface area contributed by atoms with Gasteiger partial charge in [0.2, 0.25) is 5.91 Å². The molecule has 1 rings (SSSR count). The monoisotopic (exact) mass is 225 g/mol. The molecule has 0 atom stereocenters. The molecule has 15 heavy (non-hydrogen) atoms. The van der Waals surface area contributed by atoms with Crippen molar-refractivity contribution in [3.63, 3.8) is 0 Å². The van der Waals surface area contributed by atoms with E-state index < -0.39 is 0 Å². The van der Waals surface area contributed by atoms with Crippen LogP contribution in [-0.2, 0) is 4.79 Å². The third-order valence-electron chi connectivity index (χ3n) is 2.05. The second-order valence-electron chi connectivity index (χ2n) is 4.51. The van der Waals surface area contributed by atoms with Gasteiger partial charge in [-0.3, -0.25) is 4.79 Å². The van der Waals surface area contributed by atoms with Gasteiger partial charge in [0.15, 0.2) is 0 Å². The van der Waals surface area contributed by atoms with Crippen LogP contribution in [-0.4, -0.2) is 11.4 Å². The number of nitrogens with zero attached hydrogens (tertiary/aromatic N) is 1. The van der Waals surface area contributed by atoms with E-state index in [1.807, 2.05) is 32.9 Å². The highest BCUT2D eigenvalue weighted by Crippen LogP contribution is 2.26. The Hall–Kier alpha value is -1.02. The SMILES string of the molecule is CC(=O)N(c1cccc(Cl)c1)C(C)(C)C. The quantitative estimate of drug-likeness (QED) is 0.717. The van der Waals surface area contributed by atoms with Crippen LogP contribution in [0.1, 0.15) is 27.7 Å². The molecule has 0 spiro atoms. The van der Waals surface area contributed by atoms with Gasteiger partial charge >= 0.3 is 0 Å². The fourth-order valence-electron chi connectivity index (χ4n) is 1.66. The van der Waals surface area contributed by atoms with Crippen molar-refractivity contribution in [2.45, 2.75) is 33.2 Å². The average Bonchev–Trinajstić information content (AvgIpc) is 1.99. The lowest BCUT2D eigenvalue weighted by atomic mass is 10.0. The second-order valence-corrected chi connectivity index (χ2v) is 4.94. The number of hydrogen-bond acceptors (Lipinski definition) is 1. The molecule has 0 aliphatic rings. The van der Waals surface area contributed by atoms with Gasteiger partial charge < -0.3 is 4.90 Å². The predicted molar refractivity (Wildman–Crippen MR) is 64.4 cm³/mol. The van der Waals surface area contributed by atoms with Gasteiger partial charge in [0.1, 0.15) is 0 Å². The molecule has 0 N–H and O–H groups in total. The molecule has 1 aromatic carbocycles. The van der Waals surface area contributed by atoms with Crippen LogP contribution in [0.15, 0.2) is 24.3 Å². The topological polar surface area (TPSA) is 20.3 Å². The van der Waals surface area contributed by atoms with Crippen LogP contribution in [0.2, 0.25) is 5.02 Å². The van der Waals surface area contributed by atoms with Crippen LogP contribution < -0.4 is 4.90 Å². The first kappa shape index (κ1) is 12.1. The normalized spacial score (nSPS) is 11.3. The maximum atomic E-state index is 11.6. The zero-order valence-corrected chi connectivity index (χ0v) is 10.3. The first-order valence-corrected chi connectivity index (χ1v) is 5.26. The molecule has 82 valence electrons. The molecular weight excluding hydrogens is 210 g/mol. The van der Waals surface area contributed by atoms with E-state index >= 15 is 0 Å². The fourth-order valence-corrected chi connectivity index (χ4v) is 1.84. The Morgan fingerprint density at radius 2 is 1.93 bits per heavy atom. The zero-order chi connectivity index (χ0) is 11.6. The number of halogens is 1. The Morgan fingerprint density at radius 1 is 1.33 bits per heavy atom. The molecule has 1 aromatic rings. The standard InChI is InChI=1S/C12H16ClNO/c1-9(15)14(12(2,3)4)11-7-5-6-10(13)8-11/h5-8H,1-4H3. The second kappa shape index (κ2) is 4.23. The van der Waals surface area contributed by atoms with E-state index in [4.69, 9.17) is 11.6 Å². The lowest BCUT2D eigenvalue weighted by molar-refractivity contribution is -0.117. The molecule has 2 nitrogen and oxygen atoms in total. The van der Waals surface area contributed by atoms with Crippen LogP contribution >= 0.6 is 11.6 Å². The van der Waals surface area contributed by atoms with Crippen molar-refractivity contribution in [3.05, 3.63) is 29.3 Å². The van der Waals surface area contributed by atoms with Crippen molar-refractivity contribution in [1.29, 1.82) is 0 Å². The number of benzene rings is 1. The maximum Gasteiger partial charge on any atom is 0.224 e. The summed E-state index contributed by atoms with van der Waals surface area (Å²) in [6, 6.07) is 7.33. The van der Waals surface area contributed by atoms with Gasteiger partial charge in [-0.05, 0) is 39.0 Å². The minimum Gasteiger partial charge on any atom is -0.307 e. The van der Waals surface area contributed by atoms with E-state index in [-0.39, 0.29) is 11.4 Å². The summed E-state index contributed by atoms with van der Waals surface area (Å²) in [7, 11) is 0. The van der Waals surface area contributed by atoms with Gasteiger partial charge in [-0.2, -0.15) is 0 Å². The fraction of sp³-hybridized carbons (Fsp3) is 0.417. The maximum absolute atomic E-state index is 11.6. The minimum atomic E-state index is -0.240. The van der Waals surface area contributed by atoms with Gasteiger partial charge in [0, 0.05) is 23.2 Å². The lowest BCUT2D eigenvalue weighted by Gasteiger charge is -2.35. The summed E-state index contributed by atoms with van der Waals surface area (Å²) in [5.41, 5.74) is 0.596. The van der Waals surface area contributed by atoms with Crippen LogP contribution in [0.5, 0.6) is 0 Å². The van der Waals surface area contributed by atoms with Crippen molar-refractivity contribution < 1.29 is 4.79 Å². The van der Waals surface area contributed by atoms with Crippen LogP contribution in [0.3, 0.4) is 0 Å². The Kier molecular flexibility index (Phi) is 3.40. The van der Waals surface area contributed by atoms with E-state index in [0.29, 0.717) is 5.02 Å². The van der Waals surface area contributed by atoms with Crippen LogP contribution in [0, 0.1) is 0 Å². The van der Waals surface area contributed by atoms with E-state index in [1.54, 1.807) is 24.0 Å². The molecule has 1 amide bonds. The largest absolute Gasteiger partial charge is 0.307 e. The Morgan fingerprint density at radius 3 is 2.33 bits per heavy atom. The first-order valence-electron chi connectivity index (χ1n) is 4.89. The molecule has 0 fully saturated rings.